The van der Waals surface area contributed by atoms with Gasteiger partial charge in [-0.3, -0.25) is 15.2 Å². The van der Waals surface area contributed by atoms with Gasteiger partial charge in [-0.25, -0.2) is 9.78 Å². The van der Waals surface area contributed by atoms with Crippen molar-refractivity contribution in [3.8, 4) is 11.4 Å². The lowest BCUT2D eigenvalue weighted by Crippen LogP contribution is -2.43. The van der Waals surface area contributed by atoms with Crippen LogP contribution < -0.4 is 10.6 Å². The highest BCUT2D eigenvalue weighted by atomic mass is 35.5. The Morgan fingerprint density at radius 2 is 1.92 bits per heavy atom. The van der Waals surface area contributed by atoms with E-state index in [-0.39, 0.29) is 10.9 Å². The Hall–Kier alpha value is -2.27. The molecule has 1 aromatic carbocycles. The number of carbonyl (C=O) groups is 2. The van der Waals surface area contributed by atoms with Crippen LogP contribution >= 0.6 is 23.4 Å². The molecule has 0 aliphatic carbocycles. The molecule has 0 spiro atoms. The second-order valence-electron chi connectivity index (χ2n) is 4.61. The molecule has 134 valence electrons. The third-order valence-corrected chi connectivity index (χ3v) is 3.72. The molecule has 0 fully saturated rings. The van der Waals surface area contributed by atoms with Gasteiger partial charge in [-0.15, -0.1) is 5.10 Å². The summed E-state index contributed by atoms with van der Waals surface area (Å²) < 4.78 is 35.8. The van der Waals surface area contributed by atoms with E-state index in [0.29, 0.717) is 10.8 Å². The van der Waals surface area contributed by atoms with E-state index in [2.05, 4.69) is 15.2 Å². The minimum absolute atomic E-state index is 0.239. The fourth-order valence-corrected chi connectivity index (χ4v) is 2.29. The molecule has 7 nitrogen and oxygen atoms in total. The number of thioether (sulfide) groups is 1. The Kier molecular flexibility index (Phi) is 6.26. The van der Waals surface area contributed by atoms with Gasteiger partial charge in [-0.1, -0.05) is 23.4 Å². The maximum atomic E-state index is 11.9. The van der Waals surface area contributed by atoms with Crippen molar-refractivity contribution in [1.29, 1.82) is 0 Å². The largest absolute Gasteiger partial charge is 0.405 e. The maximum Gasteiger partial charge on any atom is 0.405 e. The highest BCUT2D eigenvalue weighted by Gasteiger charge is 2.27. The van der Waals surface area contributed by atoms with Crippen molar-refractivity contribution in [2.45, 2.75) is 11.3 Å². The standard InChI is InChI=1S/C13H11ClF3N5O2S/c14-8-3-1-7(2-4-8)10-20-12(22-21-10)25-5-9(23)19-11(24)18-6-13(15,16)17/h1-4H,5-6H2,(H,20,21,22)(H2,18,19,23,24). The molecule has 0 bridgehead atoms. The lowest BCUT2D eigenvalue weighted by molar-refractivity contribution is -0.124. The number of nitrogens with zero attached hydrogens (tertiary/aromatic N) is 2. The van der Waals surface area contributed by atoms with E-state index >= 15 is 0 Å². The zero-order valence-electron chi connectivity index (χ0n) is 12.4. The van der Waals surface area contributed by atoms with E-state index in [1.165, 1.54) is 5.32 Å². The van der Waals surface area contributed by atoms with Crippen LogP contribution in [0.4, 0.5) is 18.0 Å². The van der Waals surface area contributed by atoms with Crippen LogP contribution in [0.5, 0.6) is 0 Å². The number of hydrogen-bond acceptors (Lipinski definition) is 5. The van der Waals surface area contributed by atoms with Crippen LogP contribution in [0.1, 0.15) is 0 Å². The average Bonchev–Trinajstić information content (AvgIpc) is 3.00. The molecule has 0 aliphatic heterocycles. The molecule has 0 atom stereocenters. The lowest BCUT2D eigenvalue weighted by Gasteiger charge is -2.08. The second kappa shape index (κ2) is 8.21. The fraction of sp³-hybridized carbons (Fsp3) is 0.231. The van der Waals surface area contributed by atoms with E-state index in [1.54, 1.807) is 29.6 Å². The van der Waals surface area contributed by atoms with E-state index in [1.807, 2.05) is 0 Å². The van der Waals surface area contributed by atoms with Gasteiger partial charge in [0, 0.05) is 10.6 Å². The van der Waals surface area contributed by atoms with Gasteiger partial charge in [-0.2, -0.15) is 13.2 Å². The SMILES string of the molecule is O=C(CSc1n[nH]c(-c2ccc(Cl)cc2)n1)NC(=O)NCC(F)(F)F. The molecule has 2 rings (SSSR count). The Bertz CT molecular complexity index is 751. The van der Waals surface area contributed by atoms with Gasteiger partial charge in [-0.05, 0) is 24.3 Å². The first kappa shape index (κ1) is 19.1. The van der Waals surface area contributed by atoms with Gasteiger partial charge in [0.2, 0.25) is 11.1 Å². The average molecular weight is 394 g/mol. The first-order valence-electron chi connectivity index (χ1n) is 6.68. The number of benzene rings is 1. The molecule has 1 heterocycles. The number of urea groups is 1. The van der Waals surface area contributed by atoms with Gasteiger partial charge >= 0.3 is 12.2 Å². The minimum atomic E-state index is -4.55. The smallest absolute Gasteiger partial charge is 0.329 e. The van der Waals surface area contributed by atoms with Crippen LogP contribution in [0, 0.1) is 0 Å². The number of carbonyl (C=O) groups excluding carboxylic acids is 2. The summed E-state index contributed by atoms with van der Waals surface area (Å²) in [7, 11) is 0. The summed E-state index contributed by atoms with van der Waals surface area (Å²) in [4.78, 5) is 26.8. The number of amides is 3. The number of rotatable bonds is 5. The van der Waals surface area contributed by atoms with Gasteiger partial charge in [0.1, 0.15) is 6.54 Å². The van der Waals surface area contributed by atoms with Crippen molar-refractivity contribution in [3.63, 3.8) is 0 Å². The molecule has 0 aliphatic rings. The van der Waals surface area contributed by atoms with E-state index in [9.17, 15) is 22.8 Å². The molecule has 12 heteroatoms. The molecule has 0 saturated carbocycles. The Labute approximate surface area is 148 Å². The summed E-state index contributed by atoms with van der Waals surface area (Å²) in [6.45, 7) is -1.52. The van der Waals surface area contributed by atoms with Crippen LogP contribution in [0.3, 0.4) is 0 Å². The molecule has 0 radical (unpaired) electrons. The monoisotopic (exact) mass is 393 g/mol. The van der Waals surface area contributed by atoms with E-state index in [4.69, 9.17) is 11.6 Å². The second-order valence-corrected chi connectivity index (χ2v) is 5.99. The third-order valence-electron chi connectivity index (χ3n) is 2.62. The van der Waals surface area contributed by atoms with Gasteiger partial charge in [0.25, 0.3) is 0 Å². The van der Waals surface area contributed by atoms with Gasteiger partial charge in [0.15, 0.2) is 5.82 Å². The summed E-state index contributed by atoms with van der Waals surface area (Å²) in [5.41, 5.74) is 0.736. The number of H-pyrrole nitrogens is 1. The molecule has 0 saturated heterocycles. The number of nitrogens with one attached hydrogen (secondary N) is 3. The van der Waals surface area contributed by atoms with Crippen molar-refractivity contribution >= 4 is 35.3 Å². The maximum absolute atomic E-state index is 11.9. The van der Waals surface area contributed by atoms with Crippen LogP contribution in [0.25, 0.3) is 11.4 Å². The van der Waals surface area contributed by atoms with Crippen LogP contribution in [-0.4, -0.2) is 45.6 Å². The molecule has 3 amide bonds. The van der Waals surface area contributed by atoms with Crippen molar-refractivity contribution in [2.24, 2.45) is 0 Å². The molecular weight excluding hydrogens is 383 g/mol. The van der Waals surface area contributed by atoms with Crippen molar-refractivity contribution in [3.05, 3.63) is 29.3 Å². The summed E-state index contributed by atoms with van der Waals surface area (Å²) in [5.74, 6) is -0.554. The highest BCUT2D eigenvalue weighted by Crippen LogP contribution is 2.20. The quantitative estimate of drug-likeness (QED) is 0.678. The molecule has 0 unspecified atom stereocenters. The first-order valence-corrected chi connectivity index (χ1v) is 8.05. The van der Waals surface area contributed by atoms with Gasteiger partial charge < -0.3 is 5.32 Å². The van der Waals surface area contributed by atoms with E-state index < -0.39 is 24.7 Å². The summed E-state index contributed by atoms with van der Waals surface area (Å²) in [6.07, 6.45) is -4.55. The number of imide groups is 1. The summed E-state index contributed by atoms with van der Waals surface area (Å²) in [5, 5.41) is 10.7. The normalized spacial score (nSPS) is 11.2. The Morgan fingerprint density at radius 1 is 1.24 bits per heavy atom. The van der Waals surface area contributed by atoms with Crippen LogP contribution in [0.15, 0.2) is 29.4 Å². The molecular formula is C13H11ClF3N5O2S. The van der Waals surface area contributed by atoms with Crippen LogP contribution in [0.2, 0.25) is 5.02 Å². The van der Waals surface area contributed by atoms with Crippen molar-refractivity contribution in [1.82, 2.24) is 25.8 Å². The molecule has 1 aromatic heterocycles. The highest BCUT2D eigenvalue weighted by molar-refractivity contribution is 7.99. The first-order chi connectivity index (χ1) is 11.7. The van der Waals surface area contributed by atoms with Crippen LogP contribution in [-0.2, 0) is 4.79 Å². The van der Waals surface area contributed by atoms with Crippen molar-refractivity contribution < 1.29 is 22.8 Å². The zero-order chi connectivity index (χ0) is 18.4. The Balaban J connectivity index is 1.80. The predicted molar refractivity (Wildman–Crippen MR) is 85.1 cm³/mol. The lowest BCUT2D eigenvalue weighted by atomic mass is 10.2. The number of halogens is 4. The molecule has 2 aromatic rings. The number of hydrogen-bond donors (Lipinski definition) is 3. The Morgan fingerprint density at radius 3 is 2.56 bits per heavy atom. The number of alkyl halides is 3. The number of aromatic amines is 1. The molecule has 3 N–H and O–H groups in total. The predicted octanol–water partition coefficient (Wildman–Crippen LogP) is 2.61. The van der Waals surface area contributed by atoms with E-state index in [0.717, 1.165) is 17.3 Å². The summed E-state index contributed by atoms with van der Waals surface area (Å²) in [6, 6.07) is 5.60. The fourth-order valence-electron chi connectivity index (χ4n) is 1.57. The van der Waals surface area contributed by atoms with Crippen molar-refractivity contribution in [2.75, 3.05) is 12.3 Å². The molecule has 25 heavy (non-hydrogen) atoms. The topological polar surface area (TPSA) is 99.8 Å². The third kappa shape index (κ3) is 6.63. The number of aromatic nitrogens is 3. The van der Waals surface area contributed by atoms with Gasteiger partial charge in [0.05, 0.1) is 5.75 Å². The zero-order valence-corrected chi connectivity index (χ0v) is 13.9. The summed E-state index contributed by atoms with van der Waals surface area (Å²) >= 11 is 6.71. The minimum Gasteiger partial charge on any atom is -0.329 e.